The number of rotatable bonds is 13. The number of esters is 1. The second-order valence-corrected chi connectivity index (χ2v) is 15.2. The van der Waals surface area contributed by atoms with Crippen molar-refractivity contribution < 1.29 is 29.0 Å². The van der Waals surface area contributed by atoms with Crippen molar-refractivity contribution >= 4 is 35.0 Å². The summed E-state index contributed by atoms with van der Waals surface area (Å²) in [4.78, 5) is 59.0. The van der Waals surface area contributed by atoms with Crippen molar-refractivity contribution in [2.24, 2.45) is 5.41 Å². The molecule has 1 aliphatic heterocycles. The second kappa shape index (κ2) is 16.0. The molecule has 1 fully saturated rings. The number of nitrogens with zero attached hydrogens (tertiary/aromatic N) is 2. The maximum absolute atomic E-state index is 13.9. The quantitative estimate of drug-likeness (QED) is 0.192. The molecular formula is C35H52N4O6S. The zero-order valence-corrected chi connectivity index (χ0v) is 29.5. The van der Waals surface area contributed by atoms with Crippen LogP contribution < -0.4 is 10.6 Å². The average molecular weight is 657 g/mol. The summed E-state index contributed by atoms with van der Waals surface area (Å²) < 4.78 is 5.33. The lowest BCUT2D eigenvalue weighted by Crippen LogP contribution is -2.57. The minimum absolute atomic E-state index is 0.0221. The highest BCUT2D eigenvalue weighted by atomic mass is 32.1. The Morgan fingerprint density at radius 2 is 1.63 bits per heavy atom. The molecule has 2 heterocycles. The van der Waals surface area contributed by atoms with Crippen LogP contribution in [-0.2, 0) is 23.9 Å². The number of aliphatic hydroxyl groups is 1. The maximum Gasteiger partial charge on any atom is 0.306 e. The Morgan fingerprint density at radius 3 is 2.20 bits per heavy atom. The van der Waals surface area contributed by atoms with Crippen LogP contribution in [0.2, 0.25) is 0 Å². The van der Waals surface area contributed by atoms with Gasteiger partial charge in [0.25, 0.3) is 0 Å². The number of hydrogen-bond donors (Lipinski definition) is 3. The van der Waals surface area contributed by atoms with Gasteiger partial charge in [-0.1, -0.05) is 57.9 Å². The number of benzene rings is 1. The number of unbranched alkanes of at least 4 members (excludes halogenated alkanes) is 3. The molecule has 3 rings (SSSR count). The Morgan fingerprint density at radius 1 is 1.00 bits per heavy atom. The smallest absolute Gasteiger partial charge is 0.306 e. The first-order valence-corrected chi connectivity index (χ1v) is 17.1. The van der Waals surface area contributed by atoms with Crippen molar-refractivity contribution in [3.8, 4) is 10.4 Å². The van der Waals surface area contributed by atoms with E-state index in [0.29, 0.717) is 19.3 Å². The van der Waals surface area contributed by atoms with E-state index in [1.807, 2.05) is 85.2 Å². The molecule has 10 nitrogen and oxygen atoms in total. The van der Waals surface area contributed by atoms with Crippen molar-refractivity contribution in [2.75, 3.05) is 6.54 Å². The van der Waals surface area contributed by atoms with Gasteiger partial charge in [0.15, 0.2) is 0 Å². The number of carbonyl (C=O) groups excluding carboxylic acids is 4. The van der Waals surface area contributed by atoms with E-state index < -0.39 is 29.2 Å². The first-order chi connectivity index (χ1) is 21.5. The van der Waals surface area contributed by atoms with Gasteiger partial charge >= 0.3 is 5.97 Å². The third kappa shape index (κ3) is 10.9. The number of ether oxygens (including phenoxy) is 1. The number of thiazole rings is 1. The molecule has 3 N–H and O–H groups in total. The monoisotopic (exact) mass is 656 g/mol. The van der Waals surface area contributed by atoms with Gasteiger partial charge in [0.2, 0.25) is 17.7 Å². The van der Waals surface area contributed by atoms with E-state index in [1.165, 1.54) is 4.90 Å². The van der Waals surface area contributed by atoms with E-state index >= 15 is 0 Å². The van der Waals surface area contributed by atoms with E-state index in [-0.39, 0.29) is 49.1 Å². The number of amides is 3. The molecule has 46 heavy (non-hydrogen) atoms. The Bertz CT molecular complexity index is 1340. The molecule has 1 aliphatic rings. The first kappa shape index (κ1) is 37.2. The standard InChI is InChI=1S/C35H52N4O6S/c1-22(24-15-17-25(18-16-24)30-23(2)36-21-46-30)37-32(43)27-19-26(40)20-39(27)33(44)31(34(3,4)5)38-28(41)13-11-9-10-12-14-29(42)45-35(6,7)8/h15-18,21-22,26-27,31,40H,9-14,19-20H2,1-8H3,(H,37,43)(H,38,41)/t22-,26+,27-,31?/m0/s1. The molecule has 0 aliphatic carbocycles. The fourth-order valence-electron chi connectivity index (χ4n) is 5.55. The minimum Gasteiger partial charge on any atom is -0.460 e. The molecule has 1 aromatic heterocycles. The molecule has 0 bridgehead atoms. The molecule has 0 spiro atoms. The van der Waals surface area contributed by atoms with E-state index in [0.717, 1.165) is 34.5 Å². The van der Waals surface area contributed by atoms with Crippen LogP contribution in [-0.4, -0.2) is 69.0 Å². The lowest BCUT2D eigenvalue weighted by molar-refractivity contribution is -0.155. The van der Waals surface area contributed by atoms with Crippen LogP contribution in [0.4, 0.5) is 0 Å². The fourth-order valence-corrected chi connectivity index (χ4v) is 6.36. The number of aromatic nitrogens is 1. The molecule has 11 heteroatoms. The summed E-state index contributed by atoms with van der Waals surface area (Å²) in [6, 6.07) is 5.92. The summed E-state index contributed by atoms with van der Waals surface area (Å²) in [5, 5.41) is 16.4. The number of nitrogens with one attached hydrogen (secondary N) is 2. The van der Waals surface area contributed by atoms with Gasteiger partial charge < -0.3 is 25.4 Å². The summed E-state index contributed by atoms with van der Waals surface area (Å²) in [7, 11) is 0. The van der Waals surface area contributed by atoms with Crippen LogP contribution in [0.3, 0.4) is 0 Å². The van der Waals surface area contributed by atoms with Gasteiger partial charge in [-0.15, -0.1) is 11.3 Å². The molecule has 2 aromatic rings. The van der Waals surface area contributed by atoms with Crippen molar-refractivity contribution in [3.63, 3.8) is 0 Å². The second-order valence-electron chi connectivity index (χ2n) is 14.4. The van der Waals surface area contributed by atoms with Crippen LogP contribution in [0.25, 0.3) is 10.4 Å². The number of β-amino-alcohol motifs (C(OH)–C–C–N with tert-alkyl or cyclic N) is 1. The molecule has 0 radical (unpaired) electrons. The third-order valence-corrected chi connectivity index (χ3v) is 8.99. The zero-order chi connectivity index (χ0) is 34.2. The molecule has 1 aromatic carbocycles. The maximum atomic E-state index is 13.9. The fraction of sp³-hybridized carbons (Fsp3) is 0.629. The Hall–Kier alpha value is -3.31. The predicted octanol–water partition coefficient (Wildman–Crippen LogP) is 5.47. The molecule has 1 saturated heterocycles. The molecule has 254 valence electrons. The lowest BCUT2D eigenvalue weighted by atomic mass is 9.85. The van der Waals surface area contributed by atoms with Crippen LogP contribution in [0, 0.1) is 12.3 Å². The summed E-state index contributed by atoms with van der Waals surface area (Å²) in [5.74, 6) is -1.19. The number of aryl methyl sites for hydroxylation is 1. The molecule has 4 atom stereocenters. The Labute approximate surface area is 277 Å². The minimum atomic E-state index is -0.868. The van der Waals surface area contributed by atoms with Crippen LogP contribution in [0.15, 0.2) is 29.8 Å². The van der Waals surface area contributed by atoms with Crippen molar-refractivity contribution in [1.29, 1.82) is 0 Å². The van der Waals surface area contributed by atoms with Gasteiger partial charge in [-0.25, -0.2) is 4.98 Å². The largest absolute Gasteiger partial charge is 0.460 e. The van der Waals surface area contributed by atoms with Gasteiger partial charge in [0.05, 0.1) is 28.2 Å². The van der Waals surface area contributed by atoms with E-state index in [2.05, 4.69) is 15.6 Å². The highest BCUT2D eigenvalue weighted by Crippen LogP contribution is 2.29. The summed E-state index contributed by atoms with van der Waals surface area (Å²) in [6.07, 6.45) is 2.77. The Balaban J connectivity index is 1.55. The zero-order valence-electron chi connectivity index (χ0n) is 28.6. The number of hydrogen-bond acceptors (Lipinski definition) is 8. The number of aliphatic hydroxyl groups excluding tert-OH is 1. The molecule has 0 saturated carbocycles. The highest BCUT2D eigenvalue weighted by molar-refractivity contribution is 7.13. The highest BCUT2D eigenvalue weighted by Gasteiger charge is 2.44. The lowest BCUT2D eigenvalue weighted by Gasteiger charge is -2.35. The average Bonchev–Trinajstić information content (AvgIpc) is 3.57. The van der Waals surface area contributed by atoms with Crippen molar-refractivity contribution in [3.05, 3.63) is 41.0 Å². The normalized spacial score (nSPS) is 18.2. The topological polar surface area (TPSA) is 138 Å². The van der Waals surface area contributed by atoms with Crippen molar-refractivity contribution in [1.82, 2.24) is 20.5 Å². The van der Waals surface area contributed by atoms with E-state index in [1.54, 1.807) is 11.3 Å². The summed E-state index contributed by atoms with van der Waals surface area (Å²) in [5.41, 5.74) is 3.65. The summed E-state index contributed by atoms with van der Waals surface area (Å²) in [6.45, 7) is 15.0. The SMILES string of the molecule is Cc1ncsc1-c1ccc([C@H](C)NC(=O)[C@@H]2C[C@@H](O)CN2C(=O)C(NC(=O)CCCCCCC(=O)OC(C)(C)C)C(C)(C)C)cc1. The molecule has 1 unspecified atom stereocenters. The van der Waals surface area contributed by atoms with Crippen LogP contribution in [0.1, 0.15) is 111 Å². The Kier molecular flexibility index (Phi) is 12.9. The summed E-state index contributed by atoms with van der Waals surface area (Å²) >= 11 is 1.58. The number of carbonyl (C=O) groups is 4. The molecule has 3 amide bonds. The third-order valence-electron chi connectivity index (χ3n) is 8.01. The van der Waals surface area contributed by atoms with E-state index in [4.69, 9.17) is 4.74 Å². The van der Waals surface area contributed by atoms with Gasteiger partial charge in [-0.2, -0.15) is 0 Å². The number of likely N-dealkylation sites (tertiary alicyclic amines) is 1. The van der Waals surface area contributed by atoms with Gasteiger partial charge in [-0.05, 0) is 64.0 Å². The van der Waals surface area contributed by atoms with E-state index in [9.17, 15) is 24.3 Å². The molecular weight excluding hydrogens is 604 g/mol. The van der Waals surface area contributed by atoms with Crippen molar-refractivity contribution in [2.45, 2.75) is 130 Å². The van der Waals surface area contributed by atoms with Gasteiger partial charge in [0.1, 0.15) is 17.7 Å². The van der Waals surface area contributed by atoms with Gasteiger partial charge in [0, 0.05) is 25.8 Å². The van der Waals surface area contributed by atoms with Crippen LogP contribution >= 0.6 is 11.3 Å². The van der Waals surface area contributed by atoms with Gasteiger partial charge in [-0.3, -0.25) is 19.2 Å². The van der Waals surface area contributed by atoms with Crippen LogP contribution in [0.5, 0.6) is 0 Å². The first-order valence-electron chi connectivity index (χ1n) is 16.3. The predicted molar refractivity (Wildman–Crippen MR) is 180 cm³/mol.